The normalized spacial score (nSPS) is 15.8. The quantitative estimate of drug-likeness (QED) is 0.403. The van der Waals surface area contributed by atoms with Crippen molar-refractivity contribution in [3.8, 4) is 0 Å². The number of thiazole rings is 1. The Hall–Kier alpha value is -2.82. The van der Waals surface area contributed by atoms with Gasteiger partial charge >= 0.3 is 5.97 Å². The zero-order valence-electron chi connectivity index (χ0n) is 17.3. The number of sulfonamides is 1. The van der Waals surface area contributed by atoms with Crippen molar-refractivity contribution in [2.75, 3.05) is 13.1 Å². The lowest BCUT2D eigenvalue weighted by Gasteiger charge is -2.19. The summed E-state index contributed by atoms with van der Waals surface area (Å²) < 4.78 is 33.8. The average Bonchev–Trinajstić information content (AvgIpc) is 3.09. The summed E-state index contributed by atoms with van der Waals surface area (Å²) >= 11 is 1.32. The molecule has 1 aliphatic rings. The van der Waals surface area contributed by atoms with Gasteiger partial charge in [0, 0.05) is 36.8 Å². The first-order chi connectivity index (χ1) is 15.4. The minimum atomic E-state index is -3.50. The molecule has 10 heteroatoms. The van der Waals surface area contributed by atoms with Crippen LogP contribution in [-0.2, 0) is 26.2 Å². The molecule has 0 bridgehead atoms. The van der Waals surface area contributed by atoms with E-state index >= 15 is 0 Å². The first-order valence-corrected chi connectivity index (χ1v) is 12.7. The van der Waals surface area contributed by atoms with Gasteiger partial charge in [-0.25, -0.2) is 18.2 Å². The molecule has 4 rings (SSSR count). The number of rotatable bonds is 6. The number of carbonyl (C=O) groups excluding carboxylic acids is 1. The van der Waals surface area contributed by atoms with Crippen LogP contribution < -0.4 is 5.56 Å². The Labute approximate surface area is 189 Å². The van der Waals surface area contributed by atoms with Crippen molar-refractivity contribution >= 4 is 38.4 Å². The van der Waals surface area contributed by atoms with Gasteiger partial charge in [0.2, 0.25) is 10.0 Å². The van der Waals surface area contributed by atoms with Gasteiger partial charge in [0.1, 0.15) is 6.61 Å². The average molecular weight is 474 g/mol. The number of hydrogen-bond donors (Lipinski definition) is 0. The van der Waals surface area contributed by atoms with Crippen LogP contribution in [0.5, 0.6) is 0 Å². The molecule has 3 heterocycles. The number of nitrogens with zero attached hydrogens (tertiary/aromatic N) is 3. The third-order valence-electron chi connectivity index (χ3n) is 5.21. The van der Waals surface area contributed by atoms with E-state index in [1.165, 1.54) is 27.9 Å². The van der Waals surface area contributed by atoms with Crippen LogP contribution in [0.25, 0.3) is 11.0 Å². The maximum Gasteiger partial charge on any atom is 0.331 e. The molecule has 1 aromatic carbocycles. The largest absolute Gasteiger partial charge is 0.456 e. The van der Waals surface area contributed by atoms with E-state index in [2.05, 4.69) is 4.98 Å². The minimum absolute atomic E-state index is 0.111. The molecule has 0 saturated carbocycles. The van der Waals surface area contributed by atoms with Gasteiger partial charge in [-0.15, -0.1) is 11.3 Å². The summed E-state index contributed by atoms with van der Waals surface area (Å²) in [6.45, 7) is 0.993. The highest BCUT2D eigenvalue weighted by atomic mass is 32.2. The highest BCUT2D eigenvalue weighted by Gasteiger charge is 2.24. The molecule has 0 unspecified atom stereocenters. The van der Waals surface area contributed by atoms with Gasteiger partial charge in [-0.2, -0.15) is 4.31 Å². The molecular formula is C22H23N3O5S2. The van der Waals surface area contributed by atoms with E-state index in [1.54, 1.807) is 46.2 Å². The van der Waals surface area contributed by atoms with Gasteiger partial charge in [0.05, 0.1) is 10.6 Å². The van der Waals surface area contributed by atoms with Gasteiger partial charge in [-0.3, -0.25) is 9.20 Å². The van der Waals surface area contributed by atoms with Crippen LogP contribution in [0.4, 0.5) is 0 Å². The summed E-state index contributed by atoms with van der Waals surface area (Å²) in [5.41, 5.74) is 0.823. The van der Waals surface area contributed by atoms with Crippen LogP contribution in [-0.4, -0.2) is 41.2 Å². The zero-order valence-corrected chi connectivity index (χ0v) is 19.0. The first kappa shape index (κ1) is 22.4. The summed E-state index contributed by atoms with van der Waals surface area (Å²) in [4.78, 5) is 29.1. The van der Waals surface area contributed by atoms with E-state index in [-0.39, 0.29) is 17.1 Å². The highest BCUT2D eigenvalue weighted by Crippen LogP contribution is 2.21. The summed E-state index contributed by atoms with van der Waals surface area (Å²) in [7, 11) is -3.50. The van der Waals surface area contributed by atoms with Crippen molar-refractivity contribution in [1.29, 1.82) is 0 Å². The van der Waals surface area contributed by atoms with E-state index in [4.69, 9.17) is 4.74 Å². The van der Waals surface area contributed by atoms with E-state index in [9.17, 15) is 18.0 Å². The Balaban J connectivity index is 1.36. The van der Waals surface area contributed by atoms with Gasteiger partial charge in [0.15, 0.2) is 4.96 Å². The molecule has 0 N–H and O–H groups in total. The number of esters is 1. The van der Waals surface area contributed by atoms with Crippen LogP contribution in [0.15, 0.2) is 57.7 Å². The lowest BCUT2D eigenvalue weighted by atomic mass is 10.2. The molecule has 3 aromatic rings. The van der Waals surface area contributed by atoms with Gasteiger partial charge in [-0.1, -0.05) is 25.0 Å². The molecule has 1 saturated heterocycles. The lowest BCUT2D eigenvalue weighted by Crippen LogP contribution is -2.31. The second-order valence-electron chi connectivity index (χ2n) is 7.47. The maximum absolute atomic E-state index is 12.8. The number of carbonyl (C=O) groups is 1. The Bertz CT molecular complexity index is 1290. The fraction of sp³-hybridized carbons (Fsp3) is 0.318. The van der Waals surface area contributed by atoms with Crippen molar-refractivity contribution in [1.82, 2.24) is 13.7 Å². The second-order valence-corrected chi connectivity index (χ2v) is 10.3. The minimum Gasteiger partial charge on any atom is -0.456 e. The summed E-state index contributed by atoms with van der Waals surface area (Å²) in [6.07, 6.45) is 8.33. The Morgan fingerprint density at radius 3 is 2.56 bits per heavy atom. The molecule has 0 spiro atoms. The molecule has 168 valence electrons. The smallest absolute Gasteiger partial charge is 0.331 e. The Kier molecular flexibility index (Phi) is 6.83. The van der Waals surface area contributed by atoms with Gasteiger partial charge in [0.25, 0.3) is 5.56 Å². The molecule has 0 amide bonds. The Morgan fingerprint density at radius 1 is 1.12 bits per heavy atom. The number of benzene rings is 1. The summed E-state index contributed by atoms with van der Waals surface area (Å²) in [5, 5.41) is 1.76. The van der Waals surface area contributed by atoms with E-state index in [0.717, 1.165) is 25.7 Å². The van der Waals surface area contributed by atoms with Crippen LogP contribution in [0.1, 0.15) is 36.9 Å². The number of fused-ring (bicyclic) bond motifs is 1. The van der Waals surface area contributed by atoms with Crippen molar-refractivity contribution in [3.63, 3.8) is 0 Å². The molecule has 32 heavy (non-hydrogen) atoms. The third kappa shape index (κ3) is 5.14. The molecule has 0 radical (unpaired) electrons. The van der Waals surface area contributed by atoms with Crippen molar-refractivity contribution < 1.29 is 17.9 Å². The molecule has 2 aromatic heterocycles. The van der Waals surface area contributed by atoms with Crippen molar-refractivity contribution in [2.24, 2.45) is 0 Å². The van der Waals surface area contributed by atoms with Gasteiger partial charge in [-0.05, 0) is 36.6 Å². The number of ether oxygens (including phenoxy) is 1. The summed E-state index contributed by atoms with van der Waals surface area (Å²) in [6, 6.07) is 7.75. The van der Waals surface area contributed by atoms with Crippen molar-refractivity contribution in [2.45, 2.75) is 37.2 Å². The lowest BCUT2D eigenvalue weighted by molar-refractivity contribution is -0.139. The molecule has 1 fully saturated rings. The van der Waals surface area contributed by atoms with E-state index < -0.39 is 16.0 Å². The molecule has 0 aliphatic carbocycles. The molecule has 8 nitrogen and oxygen atoms in total. The van der Waals surface area contributed by atoms with E-state index in [0.29, 0.717) is 29.3 Å². The Morgan fingerprint density at radius 2 is 1.84 bits per heavy atom. The molecule has 0 atom stereocenters. The topological polar surface area (TPSA) is 98.0 Å². The van der Waals surface area contributed by atoms with Crippen LogP contribution in [0.2, 0.25) is 0 Å². The number of aromatic nitrogens is 2. The molecular weight excluding hydrogens is 450 g/mol. The first-order valence-electron chi connectivity index (χ1n) is 10.3. The predicted octanol–water partition coefficient (Wildman–Crippen LogP) is 3.08. The summed E-state index contributed by atoms with van der Waals surface area (Å²) in [5.74, 6) is -0.584. The highest BCUT2D eigenvalue weighted by molar-refractivity contribution is 7.89. The van der Waals surface area contributed by atoms with Crippen molar-refractivity contribution in [3.05, 3.63) is 69.6 Å². The van der Waals surface area contributed by atoms with Crippen LogP contribution in [0, 0.1) is 0 Å². The fourth-order valence-electron chi connectivity index (χ4n) is 3.50. The SMILES string of the molecule is O=C(/C=C/c1ccc(S(=O)(=O)N2CCCCCC2)cc1)OCc1cc(=O)n2ccsc2n1. The van der Waals surface area contributed by atoms with Crippen LogP contribution in [0.3, 0.4) is 0 Å². The fourth-order valence-corrected chi connectivity index (χ4v) is 5.76. The second kappa shape index (κ2) is 9.76. The zero-order chi connectivity index (χ0) is 22.6. The molecule has 1 aliphatic heterocycles. The predicted molar refractivity (Wildman–Crippen MR) is 122 cm³/mol. The van der Waals surface area contributed by atoms with Crippen LogP contribution >= 0.6 is 11.3 Å². The van der Waals surface area contributed by atoms with Gasteiger partial charge < -0.3 is 4.74 Å². The standard InChI is InChI=1S/C22H23N3O5S2/c26-20-15-18(23-22-25(20)13-14-31-22)16-30-21(27)10-7-17-5-8-19(9-6-17)32(28,29)24-11-3-1-2-4-12-24/h5-10,13-15H,1-4,11-12,16H2/b10-7+. The number of hydrogen-bond acceptors (Lipinski definition) is 7. The monoisotopic (exact) mass is 473 g/mol. The maximum atomic E-state index is 12.8. The van der Waals surface area contributed by atoms with E-state index in [1.807, 2.05) is 0 Å². The third-order valence-corrected chi connectivity index (χ3v) is 7.88.